The molecule has 0 saturated carbocycles. The van der Waals surface area contributed by atoms with E-state index in [1.165, 1.54) is 10.6 Å². The molecule has 226 valence electrons. The van der Waals surface area contributed by atoms with Crippen LogP contribution in [-0.2, 0) is 32.6 Å². The first kappa shape index (κ1) is 32.9. The minimum atomic E-state index is -3.57. The first-order chi connectivity index (χ1) is 19.9. The number of aryl methyl sites for hydroxylation is 3. The van der Waals surface area contributed by atoms with Gasteiger partial charge in [0.2, 0.25) is 21.8 Å². The smallest absolute Gasteiger partial charge is 0.243 e. The lowest BCUT2D eigenvalue weighted by Crippen LogP contribution is -2.52. The van der Waals surface area contributed by atoms with Crippen LogP contribution in [0, 0.1) is 20.8 Å². The van der Waals surface area contributed by atoms with E-state index in [9.17, 15) is 18.0 Å². The molecular formula is C34H45N3O4S. The predicted molar refractivity (Wildman–Crippen MR) is 171 cm³/mol. The lowest BCUT2D eigenvalue weighted by molar-refractivity contribution is -0.141. The standard InChI is InChI=1S/C34H45N3O4S/c1-7-28(5)35-34(39)32(23-29-14-9-8-10-15-29)36(24-30-16-11-13-25(2)21-30)33(38)17-12-20-37(42(6,40)41)31-22-26(3)18-19-27(31)4/h8-11,13-16,18-19,21-22,28,32H,7,12,17,20,23-24H2,1-6H3,(H,35,39)/t28-,32+/m1/s1. The average molecular weight is 592 g/mol. The van der Waals surface area contributed by atoms with Crippen LogP contribution >= 0.6 is 0 Å². The van der Waals surface area contributed by atoms with Gasteiger partial charge in [-0.25, -0.2) is 8.42 Å². The fourth-order valence-corrected chi connectivity index (χ4v) is 5.99. The summed E-state index contributed by atoms with van der Waals surface area (Å²) in [6.07, 6.45) is 2.75. The molecule has 0 aromatic heterocycles. The highest BCUT2D eigenvalue weighted by Gasteiger charge is 2.31. The first-order valence-corrected chi connectivity index (χ1v) is 16.5. The lowest BCUT2D eigenvalue weighted by atomic mass is 10.0. The summed E-state index contributed by atoms with van der Waals surface area (Å²) in [5.41, 5.74) is 5.40. The van der Waals surface area contributed by atoms with Gasteiger partial charge in [-0.3, -0.25) is 13.9 Å². The zero-order chi connectivity index (χ0) is 30.9. The van der Waals surface area contributed by atoms with Crippen LogP contribution < -0.4 is 9.62 Å². The summed E-state index contributed by atoms with van der Waals surface area (Å²) in [6.45, 7) is 10.2. The lowest BCUT2D eigenvalue weighted by Gasteiger charge is -2.33. The van der Waals surface area contributed by atoms with Crippen LogP contribution in [0.25, 0.3) is 0 Å². The van der Waals surface area contributed by atoms with Crippen LogP contribution in [0.15, 0.2) is 72.8 Å². The van der Waals surface area contributed by atoms with E-state index in [0.717, 1.165) is 34.2 Å². The zero-order valence-corrected chi connectivity index (χ0v) is 26.6. The van der Waals surface area contributed by atoms with Crippen molar-refractivity contribution in [3.63, 3.8) is 0 Å². The topological polar surface area (TPSA) is 86.8 Å². The first-order valence-electron chi connectivity index (χ1n) is 14.6. The molecule has 0 heterocycles. The van der Waals surface area contributed by atoms with Gasteiger partial charge in [-0.15, -0.1) is 0 Å². The van der Waals surface area contributed by atoms with Gasteiger partial charge in [-0.05, 0) is 68.9 Å². The van der Waals surface area contributed by atoms with Crippen molar-refractivity contribution in [2.24, 2.45) is 0 Å². The number of amides is 2. The molecule has 0 aliphatic heterocycles. The minimum absolute atomic E-state index is 0.0346. The minimum Gasteiger partial charge on any atom is -0.352 e. The van der Waals surface area contributed by atoms with Crippen LogP contribution in [0.3, 0.4) is 0 Å². The normalized spacial score (nSPS) is 12.8. The number of rotatable bonds is 14. The van der Waals surface area contributed by atoms with Crippen LogP contribution in [0.4, 0.5) is 5.69 Å². The third-order valence-corrected chi connectivity index (χ3v) is 8.67. The second-order valence-corrected chi connectivity index (χ2v) is 13.2. The fraction of sp³-hybridized carbons (Fsp3) is 0.412. The highest BCUT2D eigenvalue weighted by molar-refractivity contribution is 7.92. The second kappa shape index (κ2) is 15.0. The SMILES string of the molecule is CC[C@@H](C)NC(=O)[C@H](Cc1ccccc1)N(Cc1cccc(C)c1)C(=O)CCCN(c1cc(C)ccc1C)S(C)(=O)=O. The molecule has 0 spiro atoms. The molecule has 0 unspecified atom stereocenters. The Balaban J connectivity index is 1.91. The van der Waals surface area contributed by atoms with E-state index in [1.54, 1.807) is 4.90 Å². The summed E-state index contributed by atoms with van der Waals surface area (Å²) in [6, 6.07) is 22.6. The van der Waals surface area contributed by atoms with Crippen molar-refractivity contribution in [2.45, 2.75) is 78.9 Å². The highest BCUT2D eigenvalue weighted by Crippen LogP contribution is 2.25. The average Bonchev–Trinajstić information content (AvgIpc) is 2.94. The van der Waals surface area contributed by atoms with Gasteiger partial charge in [0.25, 0.3) is 0 Å². The molecule has 0 aliphatic rings. The van der Waals surface area contributed by atoms with Gasteiger partial charge in [0.15, 0.2) is 0 Å². The summed E-state index contributed by atoms with van der Waals surface area (Å²) in [4.78, 5) is 29.4. The maximum atomic E-state index is 14.0. The molecule has 3 aromatic carbocycles. The summed E-state index contributed by atoms with van der Waals surface area (Å²) < 4.78 is 27.0. The van der Waals surface area contributed by atoms with Crippen molar-refractivity contribution in [2.75, 3.05) is 17.1 Å². The Morgan fingerprint density at radius 2 is 1.55 bits per heavy atom. The summed E-state index contributed by atoms with van der Waals surface area (Å²) in [5.74, 6) is -0.381. The zero-order valence-electron chi connectivity index (χ0n) is 25.8. The van der Waals surface area contributed by atoms with Gasteiger partial charge < -0.3 is 10.2 Å². The molecule has 0 bridgehead atoms. The van der Waals surface area contributed by atoms with Crippen LogP contribution in [-0.4, -0.2) is 50.0 Å². The summed E-state index contributed by atoms with van der Waals surface area (Å²) in [7, 11) is -3.57. The molecule has 7 nitrogen and oxygen atoms in total. The molecule has 1 N–H and O–H groups in total. The largest absolute Gasteiger partial charge is 0.352 e. The number of nitrogens with one attached hydrogen (secondary N) is 1. The fourth-order valence-electron chi connectivity index (χ4n) is 4.97. The second-order valence-electron chi connectivity index (χ2n) is 11.3. The Morgan fingerprint density at radius 1 is 0.881 bits per heavy atom. The van der Waals surface area contributed by atoms with Crippen LogP contribution in [0.2, 0.25) is 0 Å². The summed E-state index contributed by atoms with van der Waals surface area (Å²) >= 11 is 0. The number of sulfonamides is 1. The number of hydrogen-bond donors (Lipinski definition) is 1. The molecule has 0 aliphatic carbocycles. The van der Waals surface area contributed by atoms with E-state index in [2.05, 4.69) is 5.32 Å². The number of anilines is 1. The Morgan fingerprint density at radius 3 is 2.19 bits per heavy atom. The Bertz CT molecular complexity index is 1460. The van der Waals surface area contributed by atoms with Gasteiger partial charge in [-0.2, -0.15) is 0 Å². The van der Waals surface area contributed by atoms with Crippen molar-refractivity contribution >= 4 is 27.5 Å². The Kier molecular flexibility index (Phi) is 11.7. The monoisotopic (exact) mass is 591 g/mol. The molecule has 0 fully saturated rings. The maximum absolute atomic E-state index is 14.0. The highest BCUT2D eigenvalue weighted by atomic mass is 32.2. The van der Waals surface area contributed by atoms with E-state index in [4.69, 9.17) is 0 Å². The molecule has 42 heavy (non-hydrogen) atoms. The van der Waals surface area contributed by atoms with Gasteiger partial charge in [-0.1, -0.05) is 79.2 Å². The van der Waals surface area contributed by atoms with E-state index < -0.39 is 16.1 Å². The quantitative estimate of drug-likeness (QED) is 0.260. The van der Waals surface area contributed by atoms with Crippen molar-refractivity contribution < 1.29 is 18.0 Å². The van der Waals surface area contributed by atoms with Gasteiger partial charge in [0.1, 0.15) is 6.04 Å². The molecular weight excluding hydrogens is 546 g/mol. The van der Waals surface area contributed by atoms with Gasteiger partial charge in [0.05, 0.1) is 11.9 Å². The molecule has 0 radical (unpaired) electrons. The molecule has 8 heteroatoms. The number of benzene rings is 3. The molecule has 0 saturated heterocycles. The predicted octanol–water partition coefficient (Wildman–Crippen LogP) is 5.71. The van der Waals surface area contributed by atoms with E-state index in [-0.39, 0.29) is 37.4 Å². The third kappa shape index (κ3) is 9.44. The molecule has 2 atom stereocenters. The van der Waals surface area contributed by atoms with E-state index >= 15 is 0 Å². The van der Waals surface area contributed by atoms with Crippen LogP contribution in [0.5, 0.6) is 0 Å². The molecule has 3 aromatic rings. The Hall–Kier alpha value is -3.65. The Labute approximate surface area is 252 Å². The molecule has 3 rings (SSSR count). The molecule has 2 amide bonds. The maximum Gasteiger partial charge on any atom is 0.243 e. The van der Waals surface area contributed by atoms with Gasteiger partial charge >= 0.3 is 0 Å². The van der Waals surface area contributed by atoms with Crippen molar-refractivity contribution in [1.29, 1.82) is 0 Å². The van der Waals surface area contributed by atoms with E-state index in [0.29, 0.717) is 18.5 Å². The number of nitrogens with zero attached hydrogens (tertiary/aromatic N) is 2. The van der Waals surface area contributed by atoms with Crippen LogP contribution in [0.1, 0.15) is 60.9 Å². The number of hydrogen-bond acceptors (Lipinski definition) is 4. The van der Waals surface area contributed by atoms with Gasteiger partial charge in [0, 0.05) is 32.0 Å². The van der Waals surface area contributed by atoms with Crippen molar-refractivity contribution in [1.82, 2.24) is 10.2 Å². The third-order valence-electron chi connectivity index (χ3n) is 7.49. The number of carbonyl (C=O) groups excluding carboxylic acids is 2. The number of carbonyl (C=O) groups is 2. The summed E-state index contributed by atoms with van der Waals surface area (Å²) in [5, 5.41) is 3.09. The van der Waals surface area contributed by atoms with Crippen molar-refractivity contribution in [3.05, 3.63) is 101 Å². The van der Waals surface area contributed by atoms with E-state index in [1.807, 2.05) is 107 Å². The van der Waals surface area contributed by atoms with Crippen molar-refractivity contribution in [3.8, 4) is 0 Å².